The molecule has 8 heteroatoms. The van der Waals surface area contributed by atoms with Gasteiger partial charge in [0.15, 0.2) is 6.79 Å². The highest BCUT2D eigenvalue weighted by atomic mass is 35.5. The molecule has 1 saturated heterocycles. The summed E-state index contributed by atoms with van der Waals surface area (Å²) in [6.45, 7) is 2.50. The second-order valence-electron chi connectivity index (χ2n) is 7.36. The maximum Gasteiger partial charge on any atom is 0.227 e. The summed E-state index contributed by atoms with van der Waals surface area (Å²) in [4.78, 5) is 14.8. The first kappa shape index (κ1) is 19.9. The Kier molecular flexibility index (Phi) is 5.89. The molecule has 0 bridgehead atoms. The van der Waals surface area contributed by atoms with Gasteiger partial charge in [-0.05, 0) is 56.3 Å². The van der Waals surface area contributed by atoms with Crippen molar-refractivity contribution in [2.45, 2.75) is 26.0 Å². The first-order valence-corrected chi connectivity index (χ1v) is 9.91. The van der Waals surface area contributed by atoms with Crippen molar-refractivity contribution in [3.05, 3.63) is 52.3 Å². The van der Waals surface area contributed by atoms with Crippen molar-refractivity contribution in [3.8, 4) is 11.5 Å². The average molecular weight is 421 g/mol. The van der Waals surface area contributed by atoms with Gasteiger partial charge in [-0.2, -0.15) is 0 Å². The first-order valence-electron chi connectivity index (χ1n) is 9.53. The summed E-state index contributed by atoms with van der Waals surface area (Å²) < 4.78 is 24.7. The SMILES string of the molecule is O=C(Nc1cc(Cl)ccc1O)C1CCN(Cc2cc(F)cc3c2OCOC3)CC1. The predicted octanol–water partition coefficient (Wildman–Crippen LogP) is 3.90. The van der Waals surface area contributed by atoms with E-state index >= 15 is 0 Å². The lowest BCUT2D eigenvalue weighted by atomic mass is 9.95. The van der Waals surface area contributed by atoms with Gasteiger partial charge in [-0.25, -0.2) is 4.39 Å². The van der Waals surface area contributed by atoms with Crippen molar-refractivity contribution in [2.24, 2.45) is 5.92 Å². The molecule has 2 aliphatic heterocycles. The first-order chi connectivity index (χ1) is 14.0. The Hall–Kier alpha value is -2.35. The second kappa shape index (κ2) is 8.57. The van der Waals surface area contributed by atoms with Crippen LogP contribution < -0.4 is 10.1 Å². The van der Waals surface area contributed by atoms with Crippen molar-refractivity contribution in [1.82, 2.24) is 4.90 Å². The molecule has 0 unspecified atom stereocenters. The standard InChI is InChI=1S/C21H22ClFN2O4/c22-16-1-2-19(26)18(9-16)24-21(27)13-3-5-25(6-4-13)10-14-7-17(23)8-15-11-28-12-29-20(14)15/h1-2,7-9,13,26H,3-6,10-12H2,(H,24,27). The van der Waals surface area contributed by atoms with Crippen LogP contribution >= 0.6 is 11.6 Å². The van der Waals surface area contributed by atoms with E-state index in [0.29, 0.717) is 55.5 Å². The number of fused-ring (bicyclic) bond motifs is 1. The lowest BCUT2D eigenvalue weighted by molar-refractivity contribution is -0.121. The van der Waals surface area contributed by atoms with E-state index in [9.17, 15) is 14.3 Å². The number of ether oxygens (including phenoxy) is 2. The summed E-state index contributed by atoms with van der Waals surface area (Å²) in [6, 6.07) is 7.49. The Morgan fingerprint density at radius 3 is 2.86 bits per heavy atom. The third kappa shape index (κ3) is 4.63. The van der Waals surface area contributed by atoms with Gasteiger partial charge in [0.05, 0.1) is 12.3 Å². The molecular weight excluding hydrogens is 399 g/mol. The Bertz CT molecular complexity index is 916. The van der Waals surface area contributed by atoms with Gasteiger partial charge in [-0.15, -0.1) is 0 Å². The second-order valence-corrected chi connectivity index (χ2v) is 7.80. The number of rotatable bonds is 4. The molecule has 0 saturated carbocycles. The van der Waals surface area contributed by atoms with Crippen LogP contribution in [0, 0.1) is 11.7 Å². The van der Waals surface area contributed by atoms with Crippen LogP contribution in [0.25, 0.3) is 0 Å². The van der Waals surface area contributed by atoms with Gasteiger partial charge in [0.2, 0.25) is 5.91 Å². The average Bonchev–Trinajstić information content (AvgIpc) is 2.71. The Morgan fingerprint density at radius 2 is 2.07 bits per heavy atom. The zero-order valence-electron chi connectivity index (χ0n) is 15.8. The predicted molar refractivity (Wildman–Crippen MR) is 106 cm³/mol. The van der Waals surface area contributed by atoms with E-state index in [4.69, 9.17) is 21.1 Å². The van der Waals surface area contributed by atoms with Gasteiger partial charge in [0.25, 0.3) is 0 Å². The van der Waals surface area contributed by atoms with E-state index in [-0.39, 0.29) is 30.2 Å². The summed E-state index contributed by atoms with van der Waals surface area (Å²) >= 11 is 5.93. The van der Waals surface area contributed by atoms with Crippen molar-refractivity contribution in [2.75, 3.05) is 25.2 Å². The van der Waals surface area contributed by atoms with E-state index in [1.54, 1.807) is 6.07 Å². The molecule has 6 nitrogen and oxygen atoms in total. The number of carbonyl (C=O) groups excluding carboxylic acids is 1. The molecule has 2 aliphatic rings. The fraction of sp³-hybridized carbons (Fsp3) is 0.381. The number of phenols is 1. The normalized spacial score (nSPS) is 17.4. The van der Waals surface area contributed by atoms with Crippen LogP contribution in [0.2, 0.25) is 5.02 Å². The number of benzene rings is 2. The highest BCUT2D eigenvalue weighted by Crippen LogP contribution is 2.32. The topological polar surface area (TPSA) is 71.0 Å². The van der Waals surface area contributed by atoms with E-state index < -0.39 is 0 Å². The Balaban J connectivity index is 1.36. The maximum atomic E-state index is 13.9. The van der Waals surface area contributed by atoms with Gasteiger partial charge in [-0.1, -0.05) is 11.6 Å². The van der Waals surface area contributed by atoms with Crippen LogP contribution in [0.4, 0.5) is 10.1 Å². The fourth-order valence-electron chi connectivity index (χ4n) is 3.81. The summed E-state index contributed by atoms with van der Waals surface area (Å²) in [6.07, 6.45) is 1.35. The van der Waals surface area contributed by atoms with Crippen molar-refractivity contribution in [3.63, 3.8) is 0 Å². The number of likely N-dealkylation sites (tertiary alicyclic amines) is 1. The van der Waals surface area contributed by atoms with Crippen molar-refractivity contribution >= 4 is 23.2 Å². The number of aromatic hydroxyl groups is 1. The van der Waals surface area contributed by atoms with Crippen LogP contribution in [0.1, 0.15) is 24.0 Å². The number of amides is 1. The van der Waals surface area contributed by atoms with Crippen LogP contribution in [-0.4, -0.2) is 35.8 Å². The highest BCUT2D eigenvalue weighted by Gasteiger charge is 2.27. The molecule has 0 aromatic heterocycles. The van der Waals surface area contributed by atoms with Gasteiger partial charge < -0.3 is 19.9 Å². The molecule has 4 rings (SSSR count). The molecule has 154 valence electrons. The van der Waals surface area contributed by atoms with Gasteiger partial charge >= 0.3 is 0 Å². The number of nitrogens with one attached hydrogen (secondary N) is 1. The molecule has 2 aromatic rings. The third-order valence-electron chi connectivity index (χ3n) is 5.32. The molecule has 1 fully saturated rings. The van der Waals surface area contributed by atoms with Crippen LogP contribution in [0.5, 0.6) is 11.5 Å². The fourth-order valence-corrected chi connectivity index (χ4v) is 3.98. The van der Waals surface area contributed by atoms with Crippen LogP contribution in [-0.2, 0) is 22.7 Å². The number of halogens is 2. The molecule has 29 heavy (non-hydrogen) atoms. The van der Waals surface area contributed by atoms with Crippen molar-refractivity contribution in [1.29, 1.82) is 0 Å². The third-order valence-corrected chi connectivity index (χ3v) is 5.56. The molecule has 0 atom stereocenters. The molecule has 2 heterocycles. The molecule has 2 aromatic carbocycles. The minimum Gasteiger partial charge on any atom is -0.506 e. The summed E-state index contributed by atoms with van der Waals surface area (Å²) in [5, 5.41) is 13.1. The van der Waals surface area contributed by atoms with Crippen LogP contribution in [0.3, 0.4) is 0 Å². The minimum atomic E-state index is -0.302. The van der Waals surface area contributed by atoms with Gasteiger partial charge in [-0.3, -0.25) is 9.69 Å². The van der Waals surface area contributed by atoms with E-state index in [0.717, 1.165) is 11.1 Å². The molecule has 1 amide bonds. The number of nitrogens with zero attached hydrogens (tertiary/aromatic N) is 1. The number of hydrogen-bond donors (Lipinski definition) is 2. The maximum absolute atomic E-state index is 13.9. The smallest absolute Gasteiger partial charge is 0.227 e. The number of carbonyl (C=O) groups is 1. The Morgan fingerprint density at radius 1 is 1.28 bits per heavy atom. The quantitative estimate of drug-likeness (QED) is 0.734. The molecule has 0 radical (unpaired) electrons. The molecular formula is C21H22ClFN2O4. The molecule has 2 N–H and O–H groups in total. The largest absolute Gasteiger partial charge is 0.506 e. The molecule has 0 aliphatic carbocycles. The number of piperidine rings is 1. The van der Waals surface area contributed by atoms with E-state index in [1.165, 1.54) is 24.3 Å². The summed E-state index contributed by atoms with van der Waals surface area (Å²) in [5.74, 6) is 0.0963. The number of hydrogen-bond acceptors (Lipinski definition) is 5. The summed E-state index contributed by atoms with van der Waals surface area (Å²) in [7, 11) is 0. The van der Waals surface area contributed by atoms with Crippen LogP contribution in [0.15, 0.2) is 30.3 Å². The van der Waals surface area contributed by atoms with Gasteiger partial charge in [0, 0.05) is 28.6 Å². The molecule has 0 spiro atoms. The number of anilines is 1. The lowest BCUT2D eigenvalue weighted by Crippen LogP contribution is -2.38. The van der Waals surface area contributed by atoms with E-state index in [1.807, 2.05) is 0 Å². The highest BCUT2D eigenvalue weighted by molar-refractivity contribution is 6.31. The lowest BCUT2D eigenvalue weighted by Gasteiger charge is -2.32. The zero-order chi connectivity index (χ0) is 20.4. The van der Waals surface area contributed by atoms with Crippen molar-refractivity contribution < 1.29 is 23.8 Å². The minimum absolute atomic E-state index is 0.0138. The number of phenolic OH excluding ortho intramolecular Hbond substituents is 1. The Labute approximate surface area is 173 Å². The summed E-state index contributed by atoms with van der Waals surface area (Å²) in [5.41, 5.74) is 1.84. The monoisotopic (exact) mass is 420 g/mol. The van der Waals surface area contributed by atoms with Gasteiger partial charge in [0.1, 0.15) is 17.3 Å². The zero-order valence-corrected chi connectivity index (χ0v) is 16.5. The van der Waals surface area contributed by atoms with E-state index in [2.05, 4.69) is 10.2 Å².